The van der Waals surface area contributed by atoms with E-state index in [1.165, 1.54) is 5.56 Å². The highest BCUT2D eigenvalue weighted by molar-refractivity contribution is 9.10. The average Bonchev–Trinajstić information content (AvgIpc) is 3.15. The second-order valence-electron chi connectivity index (χ2n) is 11.7. The highest BCUT2D eigenvalue weighted by Crippen LogP contribution is 2.24. The first kappa shape index (κ1) is 64.6. The summed E-state index contributed by atoms with van der Waals surface area (Å²) in [5, 5.41) is 0. The van der Waals surface area contributed by atoms with Crippen molar-refractivity contribution >= 4 is 39.5 Å². The van der Waals surface area contributed by atoms with Crippen molar-refractivity contribution in [2.24, 2.45) is 10.8 Å². The number of pyridine rings is 2. The summed E-state index contributed by atoms with van der Waals surface area (Å²) in [6.07, 6.45) is 9.51. The van der Waals surface area contributed by atoms with Gasteiger partial charge in [-0.1, -0.05) is 39.5 Å². The van der Waals surface area contributed by atoms with Gasteiger partial charge >= 0.3 is 11.9 Å². The van der Waals surface area contributed by atoms with Crippen LogP contribution >= 0.6 is 15.9 Å². The summed E-state index contributed by atoms with van der Waals surface area (Å²) < 4.78 is 90.7. The second kappa shape index (κ2) is 39.9. The first-order valence-corrected chi connectivity index (χ1v) is 15.9. The number of hydrogen-bond acceptors (Lipinski definition) is 8. The Bertz CT molecular complexity index is 1340. The van der Waals surface area contributed by atoms with Gasteiger partial charge in [0.25, 0.3) is 0 Å². The predicted octanol–water partition coefficient (Wildman–Crippen LogP) is 11.6. The molecule has 0 unspecified atom stereocenters. The molecule has 54 heavy (non-hydrogen) atoms. The molecule has 0 amide bonds. The summed E-state index contributed by atoms with van der Waals surface area (Å²) in [5.41, 5.74) is 13.2. The highest BCUT2D eigenvalue weighted by atomic mass is 79.9. The Hall–Kier alpha value is -4.33. The van der Waals surface area contributed by atoms with E-state index in [1.807, 2.05) is 32.2 Å². The van der Waals surface area contributed by atoms with Gasteiger partial charge in [-0.3, -0.25) is 14.3 Å². The van der Waals surface area contributed by atoms with Crippen LogP contribution in [-0.2, 0) is 19.1 Å². The molecular weight excluding hydrogens is 817 g/mol. The molecule has 0 spiro atoms. The molecule has 0 saturated carbocycles. The number of carbonyl (C=O) groups is 2. The first-order chi connectivity index (χ1) is 24.9. The third-order valence-electron chi connectivity index (χ3n) is 6.12. The number of esters is 2. The number of carbonyl (C=O) groups excluding carboxylic acids is 2. The number of halogens is 12. The molecule has 0 fully saturated rings. The van der Waals surface area contributed by atoms with Crippen molar-refractivity contribution in [1.29, 1.82) is 0 Å². The highest BCUT2D eigenvalue weighted by Gasteiger charge is 2.28. The van der Waals surface area contributed by atoms with Crippen LogP contribution in [0.1, 0.15) is 111 Å². The van der Waals surface area contributed by atoms with E-state index < -0.39 is 10.8 Å². The van der Waals surface area contributed by atoms with Crippen molar-refractivity contribution in [3.63, 3.8) is 0 Å². The van der Waals surface area contributed by atoms with Crippen molar-refractivity contribution in [1.82, 2.24) is 9.97 Å². The molecule has 314 valence electrons. The summed E-state index contributed by atoms with van der Waals surface area (Å²) in [4.78, 5) is 31.1. The number of terminal acetylenes is 1. The lowest BCUT2D eigenvalue weighted by Gasteiger charge is -2.18. The first-order valence-electron chi connectivity index (χ1n) is 15.1. The van der Waals surface area contributed by atoms with Crippen LogP contribution in [0.25, 0.3) is 0 Å². The summed E-state index contributed by atoms with van der Waals surface area (Å²) in [5.74, 6) is 9.86. The second-order valence-corrected chi connectivity index (χ2v) is 12.6. The molecule has 2 heterocycles. The Morgan fingerprint density at radius 3 is 1.43 bits per heavy atom. The van der Waals surface area contributed by atoms with Crippen LogP contribution in [0.4, 0.5) is 62.1 Å². The number of nitrogen functional groups attached to an aromatic ring is 2. The van der Waals surface area contributed by atoms with E-state index in [0.29, 0.717) is 55.1 Å². The maximum absolute atomic E-state index is 11.8. The van der Waals surface area contributed by atoms with E-state index in [2.05, 4.69) is 71.4 Å². The monoisotopic (exact) mass is 866 g/mol. The van der Waals surface area contributed by atoms with Gasteiger partial charge in [0.2, 0.25) is 0 Å². The molecule has 20 heteroatoms. The van der Waals surface area contributed by atoms with Gasteiger partial charge in [0.1, 0.15) is 11.6 Å². The Balaban J connectivity index is -0.000000115. The predicted molar refractivity (Wildman–Crippen MR) is 193 cm³/mol. The van der Waals surface area contributed by atoms with Gasteiger partial charge in [0, 0.05) is 71.0 Å². The average molecular weight is 868 g/mol. The quantitative estimate of drug-likeness (QED) is 0.152. The van der Waals surface area contributed by atoms with Crippen LogP contribution in [0.15, 0.2) is 29.0 Å². The molecule has 4 N–H and O–H groups in total. The van der Waals surface area contributed by atoms with Crippen molar-refractivity contribution in [3.05, 3.63) is 45.7 Å². The summed E-state index contributed by atoms with van der Waals surface area (Å²) in [6.45, 7) is 20.0. The molecule has 0 bridgehead atoms. The lowest BCUT2D eigenvalue weighted by atomic mass is 9.90. The van der Waals surface area contributed by atoms with Crippen LogP contribution in [-0.4, -0.2) is 35.1 Å². The molecule has 0 saturated heterocycles. The zero-order chi connectivity index (χ0) is 43.4. The van der Waals surface area contributed by atoms with Gasteiger partial charge in [-0.25, -0.2) is 9.97 Å². The summed E-state index contributed by atoms with van der Waals surface area (Å²) in [6, 6.07) is 3.96. The van der Waals surface area contributed by atoms with E-state index in [0.717, 1.165) is 10.0 Å². The van der Waals surface area contributed by atoms with E-state index in [1.54, 1.807) is 33.9 Å². The minimum absolute atomic E-state index is 0. The smallest absolute Gasteiger partial charge is 0.312 e. The number of hydrogen-bond donors (Lipinski definition) is 2. The molecule has 0 aliphatic heterocycles. The molecule has 0 aromatic carbocycles. The largest absolute Gasteiger partial charge is 0.466 e. The SMILES string of the molecule is C#CCC(C)(C)C(=O)OCC.CC(C)c1cnc(N)c(Br)c1.CCOC(=O)C(C)(C)CC#Cc1cc(C(C)C)cnc1N.F.FF.FF.FF.FF.FF. The van der Waals surface area contributed by atoms with Gasteiger partial charge in [-0.2, -0.15) is 0 Å². The lowest BCUT2D eigenvalue weighted by Crippen LogP contribution is -2.26. The van der Waals surface area contributed by atoms with Gasteiger partial charge in [0.15, 0.2) is 0 Å². The van der Waals surface area contributed by atoms with E-state index >= 15 is 0 Å². The van der Waals surface area contributed by atoms with E-state index in [-0.39, 0.29) is 16.6 Å². The van der Waals surface area contributed by atoms with Crippen LogP contribution < -0.4 is 11.5 Å². The molecule has 2 aromatic rings. The maximum atomic E-state index is 11.8. The molecular formula is C34H50BrF11N4O4. The fourth-order valence-corrected chi connectivity index (χ4v) is 3.47. The zero-order valence-electron chi connectivity index (χ0n) is 31.6. The molecule has 2 aromatic heterocycles. The number of anilines is 2. The number of aromatic nitrogens is 2. The third kappa shape index (κ3) is 30.2. The molecule has 2 rings (SSSR count). The van der Waals surface area contributed by atoms with E-state index in [4.69, 9.17) is 73.1 Å². The Labute approximate surface area is 318 Å². The third-order valence-corrected chi connectivity index (χ3v) is 6.75. The van der Waals surface area contributed by atoms with Crippen molar-refractivity contribution in [3.8, 4) is 24.2 Å². The van der Waals surface area contributed by atoms with Crippen LogP contribution in [0.2, 0.25) is 0 Å². The van der Waals surface area contributed by atoms with Gasteiger partial charge in [-0.05, 0) is 92.6 Å². The summed E-state index contributed by atoms with van der Waals surface area (Å²) in [7, 11) is 0. The maximum Gasteiger partial charge on any atom is 0.312 e. The van der Waals surface area contributed by atoms with Crippen LogP contribution in [0.3, 0.4) is 0 Å². The van der Waals surface area contributed by atoms with E-state index in [9.17, 15) is 9.59 Å². The number of rotatable bonds is 8. The number of ether oxygens (including phenoxy) is 2. The minimum Gasteiger partial charge on any atom is -0.466 e. The molecule has 0 atom stereocenters. The topological polar surface area (TPSA) is 130 Å². The normalized spacial score (nSPS) is 9.07. The van der Waals surface area contributed by atoms with Gasteiger partial charge < -0.3 is 20.9 Å². The molecule has 0 aliphatic carbocycles. The molecule has 8 nitrogen and oxygen atoms in total. The van der Waals surface area contributed by atoms with Crippen molar-refractivity contribution in [2.45, 2.75) is 93.9 Å². The van der Waals surface area contributed by atoms with Crippen molar-refractivity contribution in [2.75, 3.05) is 24.7 Å². The van der Waals surface area contributed by atoms with Crippen LogP contribution in [0.5, 0.6) is 0 Å². The Morgan fingerprint density at radius 1 is 0.741 bits per heavy atom. The van der Waals surface area contributed by atoms with Gasteiger partial charge in [0.05, 0.1) is 34.1 Å². The Morgan fingerprint density at radius 2 is 1.09 bits per heavy atom. The minimum atomic E-state index is -0.624. The van der Waals surface area contributed by atoms with Crippen molar-refractivity contribution < 1.29 is 69.5 Å². The molecule has 0 radical (unpaired) electrons. The fourth-order valence-electron chi connectivity index (χ4n) is 3.10. The number of nitrogens with two attached hydrogens (primary N) is 2. The lowest BCUT2D eigenvalue weighted by molar-refractivity contribution is -0.153. The molecule has 0 aliphatic rings. The summed E-state index contributed by atoms with van der Waals surface area (Å²) >= 11 is 3.33. The number of nitrogens with zero attached hydrogens (tertiary/aromatic N) is 2. The fraction of sp³-hybridized carbons (Fsp3) is 0.529. The van der Waals surface area contributed by atoms with Crippen LogP contribution in [0, 0.1) is 35.0 Å². The zero-order valence-corrected chi connectivity index (χ0v) is 33.2. The standard InChI is InChI=1S/C17H24N2O2.C9H14O2.C8H11BrN2.5F2.FH/c1-6-21-16(20)17(4,5)9-7-8-13-10-14(12(2)3)11-19-15(13)18;1-5-7-9(3,4)8(10)11-6-2;1-5(2)6-3-7(9)8(10)11-4-6;5*1-2;/h10-12H,6,9H2,1-5H3,(H2,18,19);1H,6-7H2,2-4H3;3-5H,1-2H3,(H2,10,11);;;;;;1H. The Kier molecular flexibility index (Phi) is 47.7. The van der Waals surface area contributed by atoms with Gasteiger partial charge in [-0.15, -0.1) is 12.3 Å².